The summed E-state index contributed by atoms with van der Waals surface area (Å²) in [4.78, 5) is 13.1. The molecule has 0 N–H and O–H groups in total. The van der Waals surface area contributed by atoms with Crippen LogP contribution in [0.3, 0.4) is 0 Å². The van der Waals surface area contributed by atoms with Gasteiger partial charge in [-0.25, -0.2) is 4.79 Å². The monoisotopic (exact) mass is 227 g/mol. The Bertz CT molecular complexity index is 352. The third kappa shape index (κ3) is 2.63. The third-order valence-corrected chi connectivity index (χ3v) is 2.32. The molecule has 1 rings (SSSR count). The lowest BCUT2D eigenvalue weighted by atomic mass is 10.2. The summed E-state index contributed by atoms with van der Waals surface area (Å²) in [5.41, 5.74) is 0.668. The van der Waals surface area contributed by atoms with E-state index in [-0.39, 0.29) is 6.04 Å². The van der Waals surface area contributed by atoms with Crippen LogP contribution >= 0.6 is 11.6 Å². The lowest BCUT2D eigenvalue weighted by Crippen LogP contribution is -2.37. The number of anilines is 1. The van der Waals surface area contributed by atoms with Crippen LogP contribution in [0.5, 0.6) is 0 Å². The third-order valence-electron chi connectivity index (χ3n) is 2.00. The zero-order valence-electron chi connectivity index (χ0n) is 9.03. The average molecular weight is 228 g/mol. The number of halogens is 1. The van der Waals surface area contributed by atoms with Gasteiger partial charge in [0.25, 0.3) is 0 Å². The van der Waals surface area contributed by atoms with E-state index in [0.29, 0.717) is 10.7 Å². The van der Waals surface area contributed by atoms with Crippen LogP contribution in [-0.4, -0.2) is 19.2 Å². The van der Waals surface area contributed by atoms with Crippen LogP contribution in [0.1, 0.15) is 13.8 Å². The molecule has 1 aromatic carbocycles. The molecule has 0 saturated heterocycles. The molecule has 15 heavy (non-hydrogen) atoms. The number of carbonyl (C=O) groups is 1. The number of rotatable bonds is 2. The van der Waals surface area contributed by atoms with Crippen LogP contribution in [0.15, 0.2) is 24.3 Å². The maximum absolute atomic E-state index is 11.6. The molecule has 0 saturated carbocycles. The summed E-state index contributed by atoms with van der Waals surface area (Å²) in [7, 11) is 1.36. The second-order valence-corrected chi connectivity index (χ2v) is 3.79. The highest BCUT2D eigenvalue weighted by molar-refractivity contribution is 6.33. The number of hydrogen-bond acceptors (Lipinski definition) is 2. The van der Waals surface area contributed by atoms with Crippen LogP contribution in [0, 0.1) is 0 Å². The molecule has 0 bridgehead atoms. The maximum Gasteiger partial charge on any atom is 0.414 e. The van der Waals surface area contributed by atoms with Crippen molar-refractivity contribution < 1.29 is 9.53 Å². The SMILES string of the molecule is COC(=O)N(c1ccccc1Cl)C(C)C. The minimum Gasteiger partial charge on any atom is -0.452 e. The van der Waals surface area contributed by atoms with Crippen molar-refractivity contribution in [3.05, 3.63) is 29.3 Å². The molecule has 0 atom stereocenters. The summed E-state index contributed by atoms with van der Waals surface area (Å²) < 4.78 is 4.71. The standard InChI is InChI=1S/C11H14ClNO2/c1-8(2)13(11(14)15-3)10-7-5-4-6-9(10)12/h4-8H,1-3H3. The molecule has 0 aromatic heterocycles. The fourth-order valence-electron chi connectivity index (χ4n) is 1.33. The van der Waals surface area contributed by atoms with Gasteiger partial charge in [-0.1, -0.05) is 23.7 Å². The first kappa shape index (κ1) is 11.9. The number of hydrogen-bond donors (Lipinski definition) is 0. The van der Waals surface area contributed by atoms with E-state index < -0.39 is 6.09 Å². The first-order valence-electron chi connectivity index (χ1n) is 4.69. The molecule has 0 aliphatic carbocycles. The molecule has 1 amide bonds. The zero-order valence-corrected chi connectivity index (χ0v) is 9.78. The first-order valence-corrected chi connectivity index (χ1v) is 5.07. The van der Waals surface area contributed by atoms with E-state index in [0.717, 1.165) is 0 Å². The number of benzene rings is 1. The van der Waals surface area contributed by atoms with Gasteiger partial charge < -0.3 is 4.74 Å². The molecule has 0 radical (unpaired) electrons. The Labute approximate surface area is 94.6 Å². The number of nitrogens with zero attached hydrogens (tertiary/aromatic N) is 1. The van der Waals surface area contributed by atoms with Crippen LogP contribution in [0.2, 0.25) is 5.02 Å². The zero-order chi connectivity index (χ0) is 11.4. The molecule has 0 aliphatic rings. The molecule has 1 aromatic rings. The molecule has 0 heterocycles. The van der Waals surface area contributed by atoms with Crippen LogP contribution in [0.25, 0.3) is 0 Å². The molecule has 3 nitrogen and oxygen atoms in total. The van der Waals surface area contributed by atoms with Crippen LogP contribution in [0.4, 0.5) is 10.5 Å². The topological polar surface area (TPSA) is 29.5 Å². The maximum atomic E-state index is 11.6. The van der Waals surface area contributed by atoms with Crippen molar-refractivity contribution in [2.45, 2.75) is 19.9 Å². The van der Waals surface area contributed by atoms with Crippen LogP contribution in [-0.2, 0) is 4.74 Å². The van der Waals surface area contributed by atoms with Gasteiger partial charge in [0.1, 0.15) is 0 Å². The van der Waals surface area contributed by atoms with Crippen molar-refractivity contribution in [2.75, 3.05) is 12.0 Å². The summed E-state index contributed by atoms with van der Waals surface area (Å²) >= 11 is 6.01. The van der Waals surface area contributed by atoms with Crippen molar-refractivity contribution >= 4 is 23.4 Å². The van der Waals surface area contributed by atoms with Gasteiger partial charge >= 0.3 is 6.09 Å². The Kier molecular flexibility index (Phi) is 3.97. The van der Waals surface area contributed by atoms with Crippen molar-refractivity contribution in [3.8, 4) is 0 Å². The quantitative estimate of drug-likeness (QED) is 0.776. The van der Waals surface area contributed by atoms with Gasteiger partial charge in [0.15, 0.2) is 0 Å². The van der Waals surface area contributed by atoms with Gasteiger partial charge in [-0.15, -0.1) is 0 Å². The lowest BCUT2D eigenvalue weighted by Gasteiger charge is -2.25. The minimum absolute atomic E-state index is 0.00245. The van der Waals surface area contributed by atoms with Gasteiger partial charge in [-0.3, -0.25) is 4.90 Å². The summed E-state index contributed by atoms with van der Waals surface area (Å²) in [5, 5.41) is 0.539. The van der Waals surface area contributed by atoms with E-state index >= 15 is 0 Å². The van der Waals surface area contributed by atoms with E-state index in [9.17, 15) is 4.79 Å². The summed E-state index contributed by atoms with van der Waals surface area (Å²) in [6, 6.07) is 7.19. The fraction of sp³-hybridized carbons (Fsp3) is 0.364. The largest absolute Gasteiger partial charge is 0.452 e. The van der Waals surface area contributed by atoms with E-state index in [1.807, 2.05) is 26.0 Å². The predicted octanol–water partition coefficient (Wildman–Crippen LogP) is 3.32. The van der Waals surface area contributed by atoms with E-state index in [2.05, 4.69) is 0 Å². The minimum atomic E-state index is -0.405. The van der Waals surface area contributed by atoms with Gasteiger partial charge in [-0.05, 0) is 26.0 Å². The first-order chi connectivity index (χ1) is 7.07. The summed E-state index contributed by atoms with van der Waals surface area (Å²) in [6.45, 7) is 3.81. The highest BCUT2D eigenvalue weighted by atomic mass is 35.5. The molecule has 0 spiro atoms. The number of ether oxygens (including phenoxy) is 1. The van der Waals surface area contributed by atoms with Crippen molar-refractivity contribution in [1.82, 2.24) is 0 Å². The lowest BCUT2D eigenvalue weighted by molar-refractivity contribution is 0.177. The average Bonchev–Trinajstić information content (AvgIpc) is 2.20. The second kappa shape index (κ2) is 5.03. The highest BCUT2D eigenvalue weighted by Gasteiger charge is 2.21. The summed E-state index contributed by atoms with van der Waals surface area (Å²) in [5.74, 6) is 0. The number of para-hydroxylation sites is 1. The Morgan fingerprint density at radius 1 is 1.40 bits per heavy atom. The molecule has 82 valence electrons. The molecular formula is C11H14ClNO2. The molecule has 0 unspecified atom stereocenters. The number of amides is 1. The molecule has 0 aliphatic heterocycles. The normalized spacial score (nSPS) is 10.2. The number of methoxy groups -OCH3 is 1. The fourth-order valence-corrected chi connectivity index (χ4v) is 1.56. The Hall–Kier alpha value is -1.22. The Morgan fingerprint density at radius 3 is 2.47 bits per heavy atom. The van der Waals surface area contributed by atoms with E-state index in [1.165, 1.54) is 12.0 Å². The van der Waals surface area contributed by atoms with E-state index in [4.69, 9.17) is 16.3 Å². The Balaban J connectivity index is 3.10. The van der Waals surface area contributed by atoms with E-state index in [1.54, 1.807) is 12.1 Å². The molecule has 0 fully saturated rings. The summed E-state index contributed by atoms with van der Waals surface area (Å²) in [6.07, 6.45) is -0.405. The Morgan fingerprint density at radius 2 is 2.00 bits per heavy atom. The molecule has 4 heteroatoms. The second-order valence-electron chi connectivity index (χ2n) is 3.39. The number of carbonyl (C=O) groups excluding carboxylic acids is 1. The van der Waals surface area contributed by atoms with Crippen molar-refractivity contribution in [1.29, 1.82) is 0 Å². The van der Waals surface area contributed by atoms with Gasteiger partial charge in [0.2, 0.25) is 0 Å². The smallest absolute Gasteiger partial charge is 0.414 e. The van der Waals surface area contributed by atoms with Crippen LogP contribution < -0.4 is 4.90 Å². The predicted molar refractivity (Wildman–Crippen MR) is 61.5 cm³/mol. The van der Waals surface area contributed by atoms with Gasteiger partial charge in [-0.2, -0.15) is 0 Å². The van der Waals surface area contributed by atoms with Crippen molar-refractivity contribution in [3.63, 3.8) is 0 Å². The van der Waals surface area contributed by atoms with Gasteiger partial charge in [0.05, 0.1) is 17.8 Å². The molecular weight excluding hydrogens is 214 g/mol. The van der Waals surface area contributed by atoms with Crippen molar-refractivity contribution in [2.24, 2.45) is 0 Å². The van der Waals surface area contributed by atoms with Gasteiger partial charge in [0, 0.05) is 6.04 Å². The highest BCUT2D eigenvalue weighted by Crippen LogP contribution is 2.27.